The van der Waals surface area contributed by atoms with E-state index in [0.29, 0.717) is 22.8 Å². The lowest BCUT2D eigenvalue weighted by Gasteiger charge is -2.12. The molecule has 0 fully saturated rings. The van der Waals surface area contributed by atoms with Crippen molar-refractivity contribution in [1.29, 1.82) is 0 Å². The van der Waals surface area contributed by atoms with Crippen LogP contribution in [0.25, 0.3) is 11.3 Å². The number of carbonyl (C=O) groups is 1. The molecule has 3 rings (SSSR count). The van der Waals surface area contributed by atoms with Gasteiger partial charge in [0.15, 0.2) is 0 Å². The van der Waals surface area contributed by atoms with Crippen LogP contribution in [0.5, 0.6) is 11.5 Å². The van der Waals surface area contributed by atoms with Gasteiger partial charge in [0.25, 0.3) is 5.91 Å². The van der Waals surface area contributed by atoms with Crippen molar-refractivity contribution in [2.75, 3.05) is 26.6 Å². The van der Waals surface area contributed by atoms with Crippen molar-refractivity contribution in [2.45, 2.75) is 0 Å². The van der Waals surface area contributed by atoms with Gasteiger partial charge in [-0.3, -0.25) is 10.2 Å². The summed E-state index contributed by atoms with van der Waals surface area (Å²) in [6.07, 6.45) is 1.47. The molecule has 28 heavy (non-hydrogen) atoms. The van der Waals surface area contributed by atoms with E-state index in [4.69, 9.17) is 9.47 Å². The first-order valence-electron chi connectivity index (χ1n) is 8.54. The summed E-state index contributed by atoms with van der Waals surface area (Å²) in [5, 5.41) is 3.19. The van der Waals surface area contributed by atoms with E-state index in [2.05, 4.69) is 26.1 Å². The zero-order valence-corrected chi connectivity index (χ0v) is 15.8. The molecule has 0 unspecified atom stereocenters. The van der Waals surface area contributed by atoms with E-state index in [0.717, 1.165) is 17.0 Å². The molecule has 1 aromatic heterocycles. The number of carbonyl (C=O) groups excluding carboxylic acids is 1. The number of nitrogens with zero attached hydrogens (tertiary/aromatic N) is 2. The Balaban J connectivity index is 1.90. The summed E-state index contributed by atoms with van der Waals surface area (Å²) in [7, 11) is 4.75. The molecule has 0 radical (unpaired) electrons. The maximum Gasteiger partial charge on any atom is 0.269 e. The van der Waals surface area contributed by atoms with Crippen LogP contribution in [0.15, 0.2) is 54.9 Å². The minimum atomic E-state index is -0.305. The lowest BCUT2D eigenvalue weighted by molar-refractivity contribution is 0.0935. The Labute approximate surface area is 162 Å². The highest BCUT2D eigenvalue weighted by Gasteiger charge is 2.13. The molecule has 0 aliphatic carbocycles. The van der Waals surface area contributed by atoms with Crippen LogP contribution < -0.4 is 25.6 Å². The van der Waals surface area contributed by atoms with E-state index in [9.17, 15) is 4.79 Å². The van der Waals surface area contributed by atoms with Gasteiger partial charge in [0.05, 0.1) is 25.5 Å². The van der Waals surface area contributed by atoms with Crippen LogP contribution in [0.2, 0.25) is 0 Å². The van der Waals surface area contributed by atoms with Crippen LogP contribution in [0.4, 0.5) is 11.5 Å². The summed E-state index contributed by atoms with van der Waals surface area (Å²) in [6, 6.07) is 14.7. The second-order valence-electron chi connectivity index (χ2n) is 5.73. The first-order valence-corrected chi connectivity index (χ1v) is 8.54. The van der Waals surface area contributed by atoms with Gasteiger partial charge >= 0.3 is 0 Å². The van der Waals surface area contributed by atoms with Crippen molar-refractivity contribution in [3.63, 3.8) is 0 Å². The van der Waals surface area contributed by atoms with Gasteiger partial charge in [-0.15, -0.1) is 0 Å². The van der Waals surface area contributed by atoms with Crippen molar-refractivity contribution in [3.05, 3.63) is 60.4 Å². The molecule has 1 heterocycles. The monoisotopic (exact) mass is 379 g/mol. The number of rotatable bonds is 7. The van der Waals surface area contributed by atoms with Crippen LogP contribution >= 0.6 is 0 Å². The molecule has 0 bridgehead atoms. The molecule has 144 valence electrons. The second kappa shape index (κ2) is 8.83. The molecule has 0 atom stereocenters. The lowest BCUT2D eigenvalue weighted by atomic mass is 10.1. The number of aromatic nitrogens is 2. The predicted octanol–water partition coefficient (Wildman–Crippen LogP) is 2.77. The average Bonchev–Trinajstić information content (AvgIpc) is 2.74. The number of nitrogens with one attached hydrogen (secondary N) is 3. The molecule has 0 spiro atoms. The fourth-order valence-corrected chi connectivity index (χ4v) is 2.72. The van der Waals surface area contributed by atoms with Crippen molar-refractivity contribution in [1.82, 2.24) is 20.8 Å². The Hall–Kier alpha value is -3.65. The largest absolute Gasteiger partial charge is 0.496 e. The number of para-hydroxylation sites is 1. The highest BCUT2D eigenvalue weighted by Crippen LogP contribution is 2.30. The number of methoxy groups -OCH3 is 2. The molecule has 0 saturated heterocycles. The van der Waals surface area contributed by atoms with Crippen LogP contribution in [0, 0.1) is 0 Å². The van der Waals surface area contributed by atoms with Gasteiger partial charge < -0.3 is 14.8 Å². The molecule has 3 N–H and O–H groups in total. The van der Waals surface area contributed by atoms with Crippen LogP contribution in [0.1, 0.15) is 10.4 Å². The molecule has 8 nitrogen and oxygen atoms in total. The van der Waals surface area contributed by atoms with E-state index >= 15 is 0 Å². The molecule has 0 saturated carbocycles. The second-order valence-corrected chi connectivity index (χ2v) is 5.73. The minimum Gasteiger partial charge on any atom is -0.496 e. The molecular formula is C20H21N5O3. The summed E-state index contributed by atoms with van der Waals surface area (Å²) in [4.78, 5) is 20.8. The number of amides is 1. The van der Waals surface area contributed by atoms with Crippen LogP contribution in [-0.4, -0.2) is 37.1 Å². The minimum absolute atomic E-state index is 0.305. The fraction of sp³-hybridized carbons (Fsp3) is 0.150. The average molecular weight is 379 g/mol. The van der Waals surface area contributed by atoms with E-state index < -0.39 is 0 Å². The highest BCUT2D eigenvalue weighted by molar-refractivity contribution is 5.97. The topological polar surface area (TPSA) is 97.4 Å². The van der Waals surface area contributed by atoms with Crippen LogP contribution in [0.3, 0.4) is 0 Å². The van der Waals surface area contributed by atoms with Gasteiger partial charge in [0, 0.05) is 24.4 Å². The first kappa shape index (κ1) is 19.1. The highest BCUT2D eigenvalue weighted by atomic mass is 16.5. The summed E-state index contributed by atoms with van der Waals surface area (Å²) < 4.78 is 10.7. The molecule has 1 amide bonds. The molecule has 0 aliphatic rings. The number of ether oxygens (including phenoxy) is 2. The lowest BCUT2D eigenvalue weighted by Crippen LogP contribution is -2.34. The van der Waals surface area contributed by atoms with Crippen molar-refractivity contribution < 1.29 is 14.3 Å². The van der Waals surface area contributed by atoms with Crippen molar-refractivity contribution in [2.24, 2.45) is 0 Å². The summed E-state index contributed by atoms with van der Waals surface area (Å²) in [5.74, 6) is 1.47. The molecule has 2 aromatic carbocycles. The molecule has 8 heteroatoms. The van der Waals surface area contributed by atoms with Gasteiger partial charge in [-0.2, -0.15) is 0 Å². The standard InChI is InChI=1S/C20H21N5O3/c1-21-25-20(26)15-10-13(8-9-18(15)28-3)24-19-11-16(22-12-23-19)14-6-4-5-7-17(14)27-2/h4-12,21H,1-3H3,(H,25,26)(H,22,23,24). The molecular weight excluding hydrogens is 358 g/mol. The number of hydrogen-bond acceptors (Lipinski definition) is 7. The SMILES string of the molecule is CNNC(=O)c1cc(Nc2cc(-c3ccccc3OC)ncn2)ccc1OC. The Kier molecular flexibility index (Phi) is 6.03. The Morgan fingerprint density at radius 1 is 0.964 bits per heavy atom. The third-order valence-electron chi connectivity index (χ3n) is 4.01. The van der Waals surface area contributed by atoms with Gasteiger partial charge in [0.2, 0.25) is 0 Å². The molecule has 3 aromatic rings. The summed E-state index contributed by atoms with van der Waals surface area (Å²) in [5.41, 5.74) is 7.81. The van der Waals surface area contributed by atoms with E-state index in [1.165, 1.54) is 13.4 Å². The van der Waals surface area contributed by atoms with E-state index in [1.807, 2.05) is 30.3 Å². The number of benzene rings is 2. The first-order chi connectivity index (χ1) is 13.7. The van der Waals surface area contributed by atoms with Gasteiger partial charge in [-0.05, 0) is 30.3 Å². The number of hydrogen-bond donors (Lipinski definition) is 3. The smallest absolute Gasteiger partial charge is 0.269 e. The number of anilines is 2. The Morgan fingerprint density at radius 3 is 2.50 bits per heavy atom. The predicted molar refractivity (Wildman–Crippen MR) is 107 cm³/mol. The van der Waals surface area contributed by atoms with Gasteiger partial charge in [-0.1, -0.05) is 12.1 Å². The van der Waals surface area contributed by atoms with Gasteiger partial charge in [-0.25, -0.2) is 15.4 Å². The maximum absolute atomic E-state index is 12.2. The zero-order valence-electron chi connectivity index (χ0n) is 15.8. The van der Waals surface area contributed by atoms with Crippen molar-refractivity contribution >= 4 is 17.4 Å². The summed E-state index contributed by atoms with van der Waals surface area (Å²) >= 11 is 0. The van der Waals surface area contributed by atoms with E-state index in [-0.39, 0.29) is 5.91 Å². The third kappa shape index (κ3) is 4.18. The van der Waals surface area contributed by atoms with Gasteiger partial charge in [0.1, 0.15) is 23.6 Å². The van der Waals surface area contributed by atoms with E-state index in [1.54, 1.807) is 32.4 Å². The maximum atomic E-state index is 12.2. The Bertz CT molecular complexity index is 978. The van der Waals surface area contributed by atoms with Crippen molar-refractivity contribution in [3.8, 4) is 22.8 Å². The normalized spacial score (nSPS) is 10.2. The quantitative estimate of drug-likeness (QED) is 0.543. The zero-order chi connectivity index (χ0) is 19.9. The third-order valence-corrected chi connectivity index (χ3v) is 4.01. The number of hydrazine groups is 1. The Morgan fingerprint density at radius 2 is 1.75 bits per heavy atom. The fourth-order valence-electron chi connectivity index (χ4n) is 2.72. The summed E-state index contributed by atoms with van der Waals surface area (Å²) in [6.45, 7) is 0. The van der Waals surface area contributed by atoms with Crippen LogP contribution in [-0.2, 0) is 0 Å². The molecule has 0 aliphatic heterocycles.